The number of carbonyl (C=O) groups excluding carboxylic acids is 1. The maximum Gasteiger partial charge on any atom is 0.334 e. The number of aliphatic hydroxyl groups is 1. The molecule has 4 aliphatic rings. The van der Waals surface area contributed by atoms with E-state index in [4.69, 9.17) is 23.7 Å². The second kappa shape index (κ2) is 21.1. The van der Waals surface area contributed by atoms with Gasteiger partial charge in [-0.3, -0.25) is 0 Å². The first-order valence-electron chi connectivity index (χ1n) is 19.2. The SMILES string of the molecule is CCCCCC[C@H]1CCC[C@@H]([C@H]2CC[C@H]([C@H]3CC[C@H]([C@H](O)CCCCCCCCCCCCC4=C[C@H](C)OC4=O)O3)O2)OCO1. The lowest BCUT2D eigenvalue weighted by Crippen LogP contribution is -2.35. The summed E-state index contributed by atoms with van der Waals surface area (Å²) in [5.74, 6) is -0.115. The van der Waals surface area contributed by atoms with Gasteiger partial charge in [-0.15, -0.1) is 0 Å². The van der Waals surface area contributed by atoms with E-state index in [9.17, 15) is 9.90 Å². The summed E-state index contributed by atoms with van der Waals surface area (Å²) >= 11 is 0. The fraction of sp³-hybridized carbons (Fsp3) is 0.921. The van der Waals surface area contributed by atoms with Gasteiger partial charge in [-0.1, -0.05) is 90.4 Å². The fourth-order valence-electron chi connectivity index (χ4n) is 7.82. The molecule has 0 unspecified atom stereocenters. The summed E-state index contributed by atoms with van der Waals surface area (Å²) < 4.78 is 30.3. The lowest BCUT2D eigenvalue weighted by Gasteiger charge is -2.30. The van der Waals surface area contributed by atoms with Crippen molar-refractivity contribution in [2.45, 2.75) is 217 Å². The average molecular weight is 635 g/mol. The molecule has 0 bridgehead atoms. The highest BCUT2D eigenvalue weighted by Crippen LogP contribution is 2.36. The maximum absolute atomic E-state index is 11.6. The molecule has 0 aliphatic carbocycles. The Kier molecular flexibility index (Phi) is 17.3. The van der Waals surface area contributed by atoms with Crippen molar-refractivity contribution in [1.82, 2.24) is 0 Å². The van der Waals surface area contributed by atoms with Gasteiger partial charge in [0.2, 0.25) is 0 Å². The molecule has 4 aliphatic heterocycles. The van der Waals surface area contributed by atoms with Gasteiger partial charge >= 0.3 is 5.97 Å². The Morgan fingerprint density at radius 3 is 2.09 bits per heavy atom. The number of esters is 1. The Morgan fingerprint density at radius 1 is 0.733 bits per heavy atom. The summed E-state index contributed by atoms with van der Waals surface area (Å²) in [6.07, 6.45) is 29.9. The minimum Gasteiger partial charge on any atom is -0.455 e. The highest BCUT2D eigenvalue weighted by Gasteiger charge is 2.41. The smallest absolute Gasteiger partial charge is 0.334 e. The van der Waals surface area contributed by atoms with Crippen molar-refractivity contribution in [1.29, 1.82) is 0 Å². The standard InChI is InChI=1S/C38H66O7/c1-3-4-5-15-19-31-20-17-22-34(42-28-41-31)35-25-26-37(45-35)36-24-23-33(44-36)32(39)21-16-13-11-9-7-6-8-10-12-14-18-30-27-29(2)43-38(30)40/h27,29,31-37,39H,3-26,28H2,1-2H3/t29-,31-,32+,33+,34-,35+,36+,37+/m0/s1. The van der Waals surface area contributed by atoms with Gasteiger partial charge in [0, 0.05) is 5.57 Å². The van der Waals surface area contributed by atoms with Crippen LogP contribution in [0.2, 0.25) is 0 Å². The van der Waals surface area contributed by atoms with Crippen LogP contribution in [0.3, 0.4) is 0 Å². The zero-order valence-electron chi connectivity index (χ0n) is 28.8. The number of rotatable bonds is 21. The molecule has 0 spiro atoms. The predicted octanol–water partition coefficient (Wildman–Crippen LogP) is 8.88. The van der Waals surface area contributed by atoms with Crippen molar-refractivity contribution in [2.75, 3.05) is 6.79 Å². The van der Waals surface area contributed by atoms with Crippen molar-refractivity contribution in [3.05, 3.63) is 11.6 Å². The minimum absolute atomic E-state index is 0.0445. The lowest BCUT2D eigenvalue weighted by molar-refractivity contribution is -0.175. The Labute approximate surface area is 274 Å². The van der Waals surface area contributed by atoms with Crippen LogP contribution in [-0.2, 0) is 28.5 Å². The number of hydrogen-bond donors (Lipinski definition) is 1. The van der Waals surface area contributed by atoms with Gasteiger partial charge in [-0.25, -0.2) is 4.79 Å². The first kappa shape index (κ1) is 36.8. The largest absolute Gasteiger partial charge is 0.455 e. The van der Waals surface area contributed by atoms with Crippen molar-refractivity contribution in [2.24, 2.45) is 0 Å². The Morgan fingerprint density at radius 2 is 1.38 bits per heavy atom. The summed E-state index contributed by atoms with van der Waals surface area (Å²) in [7, 11) is 0. The molecular weight excluding hydrogens is 568 g/mol. The molecule has 0 saturated carbocycles. The zero-order chi connectivity index (χ0) is 31.7. The normalized spacial score (nSPS) is 31.5. The molecule has 45 heavy (non-hydrogen) atoms. The van der Waals surface area contributed by atoms with Crippen molar-refractivity contribution < 1.29 is 33.6 Å². The van der Waals surface area contributed by atoms with Crippen LogP contribution < -0.4 is 0 Å². The molecule has 4 rings (SSSR count). The third kappa shape index (κ3) is 13.2. The third-order valence-corrected chi connectivity index (χ3v) is 10.6. The summed E-state index contributed by atoms with van der Waals surface area (Å²) in [5, 5.41) is 10.8. The highest BCUT2D eigenvalue weighted by atomic mass is 16.7. The molecule has 3 saturated heterocycles. The zero-order valence-corrected chi connectivity index (χ0v) is 28.8. The fourth-order valence-corrected chi connectivity index (χ4v) is 7.82. The monoisotopic (exact) mass is 634 g/mol. The molecule has 0 radical (unpaired) electrons. The number of ether oxygens (including phenoxy) is 5. The second-order valence-electron chi connectivity index (χ2n) is 14.4. The molecule has 0 aromatic rings. The molecule has 3 fully saturated rings. The van der Waals surface area contributed by atoms with Gasteiger partial charge in [-0.2, -0.15) is 0 Å². The highest BCUT2D eigenvalue weighted by molar-refractivity contribution is 5.90. The van der Waals surface area contributed by atoms with Crippen molar-refractivity contribution >= 4 is 5.97 Å². The van der Waals surface area contributed by atoms with Crippen LogP contribution >= 0.6 is 0 Å². The minimum atomic E-state index is -0.363. The number of hydrogen-bond acceptors (Lipinski definition) is 7. The van der Waals surface area contributed by atoms with E-state index in [1.165, 1.54) is 77.0 Å². The lowest BCUT2D eigenvalue weighted by atomic mass is 9.99. The van der Waals surface area contributed by atoms with Crippen LogP contribution in [0.15, 0.2) is 11.6 Å². The second-order valence-corrected chi connectivity index (χ2v) is 14.4. The van der Waals surface area contributed by atoms with E-state index in [2.05, 4.69) is 6.92 Å². The van der Waals surface area contributed by atoms with E-state index < -0.39 is 0 Å². The van der Waals surface area contributed by atoms with E-state index in [1.807, 2.05) is 13.0 Å². The molecule has 8 atom stereocenters. The van der Waals surface area contributed by atoms with Gasteiger partial charge < -0.3 is 28.8 Å². The van der Waals surface area contributed by atoms with Crippen LogP contribution in [-0.4, -0.2) is 66.7 Å². The van der Waals surface area contributed by atoms with E-state index in [0.717, 1.165) is 82.6 Å². The van der Waals surface area contributed by atoms with Gasteiger partial charge in [-0.05, 0) is 83.6 Å². The molecular formula is C38H66O7. The maximum atomic E-state index is 11.6. The predicted molar refractivity (Wildman–Crippen MR) is 178 cm³/mol. The van der Waals surface area contributed by atoms with Crippen LogP contribution in [0.1, 0.15) is 168 Å². The average Bonchev–Trinajstić information content (AvgIpc) is 3.77. The van der Waals surface area contributed by atoms with Gasteiger partial charge in [0.15, 0.2) is 0 Å². The summed E-state index contributed by atoms with van der Waals surface area (Å²) in [5.41, 5.74) is 0.872. The topological polar surface area (TPSA) is 83.5 Å². The molecule has 7 heteroatoms. The van der Waals surface area contributed by atoms with E-state index >= 15 is 0 Å². The Bertz CT molecular complexity index is 836. The molecule has 0 amide bonds. The summed E-state index contributed by atoms with van der Waals surface area (Å²) in [6, 6.07) is 0. The number of unbranched alkanes of at least 4 members (excludes halogenated alkanes) is 12. The molecule has 1 N–H and O–H groups in total. The number of cyclic esters (lactones) is 1. The van der Waals surface area contributed by atoms with Crippen LogP contribution in [0.5, 0.6) is 0 Å². The van der Waals surface area contributed by atoms with Crippen LogP contribution in [0.4, 0.5) is 0 Å². The molecule has 260 valence electrons. The number of carbonyl (C=O) groups is 1. The first-order chi connectivity index (χ1) is 22.0. The van der Waals surface area contributed by atoms with E-state index in [0.29, 0.717) is 12.9 Å². The van der Waals surface area contributed by atoms with Crippen LogP contribution in [0.25, 0.3) is 0 Å². The quantitative estimate of drug-likeness (QED) is 0.0997. The molecule has 0 aromatic carbocycles. The van der Waals surface area contributed by atoms with E-state index in [-0.39, 0.29) is 48.7 Å². The van der Waals surface area contributed by atoms with Crippen molar-refractivity contribution in [3.8, 4) is 0 Å². The molecule has 0 aromatic heterocycles. The molecule has 7 nitrogen and oxygen atoms in total. The Hall–Kier alpha value is -0.990. The third-order valence-electron chi connectivity index (χ3n) is 10.6. The van der Waals surface area contributed by atoms with Gasteiger partial charge in [0.1, 0.15) is 12.9 Å². The van der Waals surface area contributed by atoms with Crippen LogP contribution in [0, 0.1) is 0 Å². The summed E-state index contributed by atoms with van der Waals surface area (Å²) in [4.78, 5) is 11.6. The summed E-state index contributed by atoms with van der Waals surface area (Å²) in [6.45, 7) is 4.57. The first-order valence-corrected chi connectivity index (χ1v) is 19.2. The van der Waals surface area contributed by atoms with Gasteiger partial charge in [0.25, 0.3) is 0 Å². The van der Waals surface area contributed by atoms with Gasteiger partial charge in [0.05, 0.1) is 42.7 Å². The molecule has 4 heterocycles. The van der Waals surface area contributed by atoms with E-state index in [1.54, 1.807) is 0 Å². The van der Waals surface area contributed by atoms with Crippen molar-refractivity contribution in [3.63, 3.8) is 0 Å². The number of aliphatic hydroxyl groups excluding tert-OH is 1. The Balaban J connectivity index is 0.970.